The van der Waals surface area contributed by atoms with E-state index in [-0.39, 0.29) is 0 Å². The van der Waals surface area contributed by atoms with Gasteiger partial charge in [0.1, 0.15) is 0 Å². The maximum atomic E-state index is 5.27. The fourth-order valence-electron chi connectivity index (χ4n) is 21.7. The van der Waals surface area contributed by atoms with Crippen LogP contribution < -0.4 is 0 Å². The molecular formula is C130H80N12. The highest BCUT2D eigenvalue weighted by Gasteiger charge is 2.42. The van der Waals surface area contributed by atoms with E-state index in [0.29, 0.717) is 0 Å². The van der Waals surface area contributed by atoms with Crippen molar-refractivity contribution in [3.05, 3.63) is 531 Å². The molecule has 660 valence electrons. The molecule has 12 heterocycles. The Labute approximate surface area is 815 Å². The van der Waals surface area contributed by atoms with Crippen LogP contribution in [0.15, 0.2) is 486 Å². The molecule has 0 saturated heterocycles. The fourth-order valence-corrected chi connectivity index (χ4v) is 21.7. The molecule has 12 aromatic heterocycles. The second-order valence-corrected chi connectivity index (χ2v) is 36.5. The fraction of sp³-hybridized carbons (Fsp3) is 0.0154. The zero-order valence-electron chi connectivity index (χ0n) is 76.6. The molecule has 12 heteroatoms. The molecular weight excluding hydrogens is 1730 g/mol. The molecule has 0 N–H and O–H groups in total. The van der Waals surface area contributed by atoms with Crippen molar-refractivity contribution in [2.45, 2.75) is 10.8 Å². The zero-order valence-corrected chi connectivity index (χ0v) is 76.6. The SMILES string of the molecule is c1ccc2c(C(c3ccc(-c4ccc5ccc6cccnc6c5n4)cc3)(c3ccc(-c4ccc5ccc6cccnc6c5n4)cc3)c3cccc4ccccc34)cccc2c1.c1cnc2c(c1)ccc1ccc(-c3ccc(C(c4ccc(-c5ccc6ccc7cccnc7c6n5)cc4)(c4ccc(-c5ccc6ccc7cccnc7c6n5)cc4)c4ccc(-c5ccc6ccc7cccnc7c6n5)cc4)cc3)nc12. The molecule has 142 heavy (non-hydrogen) atoms. The van der Waals surface area contributed by atoms with Crippen molar-refractivity contribution in [3.63, 3.8) is 0 Å². The summed E-state index contributed by atoms with van der Waals surface area (Å²) in [5.74, 6) is 0. The summed E-state index contributed by atoms with van der Waals surface area (Å²) in [5, 5.41) is 17.5. The number of hydrogen-bond acceptors (Lipinski definition) is 12. The molecule has 0 amide bonds. The predicted molar refractivity (Wildman–Crippen MR) is 581 cm³/mol. The van der Waals surface area contributed by atoms with E-state index < -0.39 is 10.8 Å². The van der Waals surface area contributed by atoms with E-state index in [0.717, 1.165) is 232 Å². The van der Waals surface area contributed by atoms with Crippen LogP contribution in [0, 0.1) is 0 Å². The van der Waals surface area contributed by atoms with Crippen LogP contribution in [0.3, 0.4) is 0 Å². The molecule has 0 radical (unpaired) electrons. The van der Waals surface area contributed by atoms with Gasteiger partial charge in [0.25, 0.3) is 0 Å². The third kappa shape index (κ3) is 14.0. The predicted octanol–water partition coefficient (Wildman–Crippen LogP) is 31.0. The highest BCUT2D eigenvalue weighted by atomic mass is 14.8. The van der Waals surface area contributed by atoms with Crippen LogP contribution in [0.25, 0.3) is 220 Å². The van der Waals surface area contributed by atoms with Gasteiger partial charge in [0.2, 0.25) is 0 Å². The summed E-state index contributed by atoms with van der Waals surface area (Å²) < 4.78 is 0. The Hall–Kier alpha value is -19.0. The summed E-state index contributed by atoms with van der Waals surface area (Å²) >= 11 is 0. The molecule has 0 aliphatic rings. The number of nitrogens with zero attached hydrogens (tertiary/aromatic N) is 12. The summed E-state index contributed by atoms with van der Waals surface area (Å²) in [6, 6.07) is 160. The Bertz CT molecular complexity index is 9030. The number of fused-ring (bicyclic) bond motifs is 20. The average molecular weight is 1810 g/mol. The molecule has 0 atom stereocenters. The van der Waals surface area contributed by atoms with E-state index in [4.69, 9.17) is 59.8 Å². The number of benzene rings is 16. The van der Waals surface area contributed by atoms with Gasteiger partial charge in [-0.2, -0.15) is 0 Å². The molecule has 0 aliphatic heterocycles. The molecule has 0 saturated carbocycles. The zero-order chi connectivity index (χ0) is 93.8. The highest BCUT2D eigenvalue weighted by molar-refractivity contribution is 6.09. The van der Waals surface area contributed by atoms with Gasteiger partial charge in [-0.15, -0.1) is 0 Å². The maximum Gasteiger partial charge on any atom is 0.0972 e. The lowest BCUT2D eigenvalue weighted by atomic mass is 9.63. The summed E-state index contributed by atoms with van der Waals surface area (Å²) in [7, 11) is 0. The van der Waals surface area contributed by atoms with Gasteiger partial charge in [-0.3, -0.25) is 29.9 Å². The van der Waals surface area contributed by atoms with Gasteiger partial charge in [0.15, 0.2) is 0 Å². The van der Waals surface area contributed by atoms with E-state index in [9.17, 15) is 0 Å². The van der Waals surface area contributed by atoms with E-state index in [2.05, 4.69) is 413 Å². The van der Waals surface area contributed by atoms with E-state index in [1.54, 1.807) is 0 Å². The second kappa shape index (κ2) is 34.0. The van der Waals surface area contributed by atoms with Gasteiger partial charge in [0, 0.05) is 135 Å². The topological polar surface area (TPSA) is 155 Å². The van der Waals surface area contributed by atoms with Crippen LogP contribution in [0.5, 0.6) is 0 Å². The first-order valence-corrected chi connectivity index (χ1v) is 47.8. The van der Waals surface area contributed by atoms with Crippen LogP contribution in [0.1, 0.15) is 44.5 Å². The van der Waals surface area contributed by atoms with Crippen molar-refractivity contribution in [3.8, 4) is 67.5 Å². The van der Waals surface area contributed by atoms with E-state index in [1.807, 2.05) is 73.6 Å². The van der Waals surface area contributed by atoms with Crippen molar-refractivity contribution >= 4 is 152 Å². The summed E-state index contributed by atoms with van der Waals surface area (Å²) in [5.41, 5.74) is 29.6. The van der Waals surface area contributed by atoms with Crippen molar-refractivity contribution in [2.24, 2.45) is 0 Å². The number of aromatic nitrogens is 12. The van der Waals surface area contributed by atoms with Gasteiger partial charge in [0.05, 0.1) is 111 Å². The van der Waals surface area contributed by atoms with Crippen LogP contribution in [0.2, 0.25) is 0 Å². The molecule has 16 aromatic carbocycles. The van der Waals surface area contributed by atoms with E-state index >= 15 is 0 Å². The first kappa shape index (κ1) is 82.4. The first-order chi connectivity index (χ1) is 70.3. The van der Waals surface area contributed by atoms with Gasteiger partial charge in [-0.05, 0) is 139 Å². The third-order valence-electron chi connectivity index (χ3n) is 28.7. The largest absolute Gasteiger partial charge is 0.254 e. The summed E-state index contributed by atoms with van der Waals surface area (Å²) in [6.45, 7) is 0. The van der Waals surface area contributed by atoms with Crippen molar-refractivity contribution in [1.29, 1.82) is 0 Å². The average Bonchev–Trinajstić information content (AvgIpc) is 0.707. The van der Waals surface area contributed by atoms with Crippen LogP contribution in [0.4, 0.5) is 0 Å². The smallest absolute Gasteiger partial charge is 0.0972 e. The van der Waals surface area contributed by atoms with Crippen molar-refractivity contribution in [2.75, 3.05) is 0 Å². The molecule has 0 fully saturated rings. The Kier molecular flexibility index (Phi) is 19.8. The normalized spacial score (nSPS) is 11.9. The Morgan fingerprint density at radius 2 is 0.289 bits per heavy atom. The van der Waals surface area contributed by atoms with Gasteiger partial charge in [-0.1, -0.05) is 376 Å². The molecule has 0 bridgehead atoms. The molecule has 0 unspecified atom stereocenters. The molecule has 12 nitrogen and oxygen atoms in total. The first-order valence-electron chi connectivity index (χ1n) is 47.8. The minimum atomic E-state index is -0.851. The van der Waals surface area contributed by atoms with Crippen molar-refractivity contribution < 1.29 is 0 Å². The standard InChI is InChI=1S/C73H44N8.C57H36N4/c1-5-49-9-13-53-25-37-61(78-69(53)65(49)74-41-1)45-17-29-57(30-18-45)73(58-31-19-46(20-32-58)62-38-26-54-14-10-50-6-2-42-75-66(50)70(54)79-62,59-33-21-47(22-34-59)63-39-27-55-15-11-51-7-3-43-76-67(51)71(55)80-63)60-35-23-48(24-36-60)64-40-28-56-16-12-52-8-4-44-77-68(52)72(56)81-64;1-3-15-47-37(9-1)11-5-17-49(47)57(50-18-6-12-38-10-2-4-16-48(38)50,45-29-23-39(24-30-45)51-33-27-43-21-19-41-13-7-35-58-53(41)55(43)60-51)46-31-25-40(26-32-46)52-34-28-44-22-20-42-14-8-36-59-54(42)56(44)61-52/h1-44H;1-36H. The number of pyridine rings is 12. The van der Waals surface area contributed by atoms with Crippen molar-refractivity contribution in [1.82, 2.24) is 59.8 Å². The minimum Gasteiger partial charge on any atom is -0.254 e. The lowest BCUT2D eigenvalue weighted by molar-refractivity contribution is 0.745. The molecule has 28 rings (SSSR count). The quantitative estimate of drug-likeness (QED) is 0.0752. The lowest BCUT2D eigenvalue weighted by Gasteiger charge is -2.38. The number of rotatable bonds is 14. The molecule has 0 spiro atoms. The Morgan fingerprint density at radius 3 is 0.500 bits per heavy atom. The maximum absolute atomic E-state index is 5.27. The summed E-state index contributed by atoms with van der Waals surface area (Å²) in [6.07, 6.45) is 11.0. The van der Waals surface area contributed by atoms with E-state index in [1.165, 1.54) is 32.7 Å². The molecule has 28 aromatic rings. The Morgan fingerprint density at radius 1 is 0.120 bits per heavy atom. The lowest BCUT2D eigenvalue weighted by Crippen LogP contribution is -2.31. The monoisotopic (exact) mass is 1810 g/mol. The van der Waals surface area contributed by atoms with Gasteiger partial charge >= 0.3 is 0 Å². The van der Waals surface area contributed by atoms with Crippen LogP contribution in [-0.4, -0.2) is 59.8 Å². The summed E-state index contributed by atoms with van der Waals surface area (Å²) in [4.78, 5) is 60.0. The Balaban J connectivity index is 0.000000148. The number of hydrogen-bond donors (Lipinski definition) is 0. The third-order valence-corrected chi connectivity index (χ3v) is 28.7. The van der Waals surface area contributed by atoms with Gasteiger partial charge in [-0.25, -0.2) is 29.9 Å². The highest BCUT2D eigenvalue weighted by Crippen LogP contribution is 2.52. The van der Waals surface area contributed by atoms with Gasteiger partial charge < -0.3 is 0 Å². The van der Waals surface area contributed by atoms with Crippen LogP contribution >= 0.6 is 0 Å². The minimum absolute atomic E-state index is 0.730. The van der Waals surface area contributed by atoms with Crippen LogP contribution in [-0.2, 0) is 10.8 Å². The second-order valence-electron chi connectivity index (χ2n) is 36.5. The molecule has 0 aliphatic carbocycles.